The third-order valence-corrected chi connectivity index (χ3v) is 20.6. The van der Waals surface area contributed by atoms with E-state index in [0.29, 0.717) is 19.3 Å². The molecule has 0 saturated carbocycles. The summed E-state index contributed by atoms with van der Waals surface area (Å²) in [7, 11) is -9.81. The molecule has 0 amide bonds. The van der Waals surface area contributed by atoms with Crippen LogP contribution >= 0.6 is 15.6 Å². The lowest BCUT2D eigenvalue weighted by Gasteiger charge is -2.21. The number of hydrogen-bond donors (Lipinski definition) is 4. The van der Waals surface area contributed by atoms with Gasteiger partial charge in [-0.25, -0.2) is 9.13 Å². The van der Waals surface area contributed by atoms with Gasteiger partial charge in [0.1, 0.15) is 25.4 Å². The van der Waals surface area contributed by atoms with Gasteiger partial charge in [0.15, 0.2) is 6.10 Å². The van der Waals surface area contributed by atoms with Crippen molar-refractivity contribution in [3.05, 3.63) is 158 Å². The number of aliphatic hydroxyl groups excluding tert-OH is 2. The smallest absolute Gasteiger partial charge is 0.463 e. The van der Waals surface area contributed by atoms with E-state index in [1.165, 1.54) is 135 Å². The van der Waals surface area contributed by atoms with Gasteiger partial charge in [-0.2, -0.15) is 0 Å². The Morgan fingerprint density at radius 3 is 0.743 bits per heavy atom. The predicted octanol–water partition coefficient (Wildman–Crippen LogP) is 27.3. The molecule has 648 valence electrons. The highest BCUT2D eigenvalue weighted by Crippen LogP contribution is 2.45. The summed E-state index contributed by atoms with van der Waals surface area (Å²) in [5.74, 6) is -1.59. The fourth-order valence-corrected chi connectivity index (χ4v) is 13.6. The first-order valence-corrected chi connectivity index (χ1v) is 47.8. The maximum Gasteiger partial charge on any atom is 0.472 e. The zero-order chi connectivity index (χ0) is 82.2. The van der Waals surface area contributed by atoms with Crippen molar-refractivity contribution in [2.24, 2.45) is 0 Å². The van der Waals surface area contributed by atoms with Crippen LogP contribution in [0.15, 0.2) is 158 Å². The molecule has 5 unspecified atom stereocenters. The van der Waals surface area contributed by atoms with Crippen molar-refractivity contribution in [3.8, 4) is 0 Å². The lowest BCUT2D eigenvalue weighted by atomic mass is 10.0. The highest BCUT2D eigenvalue weighted by Gasteiger charge is 2.29. The van der Waals surface area contributed by atoms with Crippen LogP contribution in [0.4, 0.5) is 0 Å². The van der Waals surface area contributed by atoms with Crippen LogP contribution in [0.25, 0.3) is 0 Å². The molecule has 4 N–H and O–H groups in total. The molecular weight excluding hydrogens is 1460 g/mol. The Kier molecular flexibility index (Phi) is 82.8. The monoisotopic (exact) mass is 1620 g/mol. The molecule has 0 fully saturated rings. The summed E-state index contributed by atoms with van der Waals surface area (Å²) in [5.41, 5.74) is 0. The van der Waals surface area contributed by atoms with Crippen LogP contribution in [0, 0.1) is 0 Å². The highest BCUT2D eigenvalue weighted by atomic mass is 31.2. The maximum absolute atomic E-state index is 13.0. The van der Waals surface area contributed by atoms with Crippen molar-refractivity contribution < 1.29 is 75.8 Å². The minimum absolute atomic E-state index is 0.0892. The van der Waals surface area contributed by atoms with Gasteiger partial charge in [0, 0.05) is 19.3 Å². The number of carbonyl (C=O) groups is 3. The number of unbranched alkanes of at least 4 members (excludes halogenated alkanes) is 35. The Balaban J connectivity index is 4.48. The van der Waals surface area contributed by atoms with E-state index in [-0.39, 0.29) is 19.3 Å². The van der Waals surface area contributed by atoms with Gasteiger partial charge in [0.25, 0.3) is 0 Å². The molecule has 0 aliphatic rings. The largest absolute Gasteiger partial charge is 0.472 e. The fourth-order valence-electron chi connectivity index (χ4n) is 12.0. The summed E-state index contributed by atoms with van der Waals surface area (Å²) in [4.78, 5) is 58.9. The van der Waals surface area contributed by atoms with E-state index in [4.69, 9.17) is 32.3 Å². The van der Waals surface area contributed by atoms with Crippen LogP contribution in [0.5, 0.6) is 0 Å². The standard InChI is InChI=1S/C95H162O16P2/c1-4-7-10-13-16-19-22-25-28-31-33-35-37-39-40-41-42-43-44-45-46-47-48-50-52-53-55-58-60-63-66-69-72-75-78-81-93(98)105-84-90(96)85-107-112(101,102)108-86-91(97)87-109-113(103,104)110-89-92(111-95(100)83-80-77-74-71-68-65-62-57-30-27-24-21-18-15-12-9-6-3)88-106-94(99)82-79-76-73-70-67-64-61-59-56-54-51-49-38-36-34-32-29-26-23-20-17-14-11-8-5-2/h7,9-10,12,16-21,25-30,33-36,39-40,42-43,49,51,90-92,96-97H,4-6,8,11,13-15,22-24,31-32,37-38,41,44-48,50,52-89H2,1-3H3,(H,101,102)(H,103,104)/b10-7-,12-9-,19-16-,20-17-,21-18-,28-25-,29-26-,30-27-,35-33-,36-34-,40-39-,43-42-,51-49-. The summed E-state index contributed by atoms with van der Waals surface area (Å²) < 4.78 is 61.4. The van der Waals surface area contributed by atoms with Crippen LogP contribution in [-0.2, 0) is 55.8 Å². The van der Waals surface area contributed by atoms with Crippen LogP contribution in [0.2, 0.25) is 0 Å². The molecule has 0 heterocycles. The van der Waals surface area contributed by atoms with E-state index in [2.05, 4.69) is 179 Å². The molecule has 0 aliphatic carbocycles. The van der Waals surface area contributed by atoms with E-state index in [1.807, 2.05) is 0 Å². The van der Waals surface area contributed by atoms with E-state index >= 15 is 0 Å². The van der Waals surface area contributed by atoms with Gasteiger partial charge in [-0.3, -0.25) is 32.5 Å². The fraction of sp³-hybridized carbons (Fsp3) is 0.695. The number of phosphoric ester groups is 2. The van der Waals surface area contributed by atoms with Gasteiger partial charge in [-0.15, -0.1) is 0 Å². The molecule has 0 aromatic carbocycles. The van der Waals surface area contributed by atoms with Crippen LogP contribution in [0.3, 0.4) is 0 Å². The van der Waals surface area contributed by atoms with Crippen molar-refractivity contribution in [2.75, 3.05) is 39.6 Å². The van der Waals surface area contributed by atoms with Gasteiger partial charge in [-0.1, -0.05) is 359 Å². The van der Waals surface area contributed by atoms with Crippen molar-refractivity contribution in [2.45, 2.75) is 386 Å². The zero-order valence-electron chi connectivity index (χ0n) is 71.3. The minimum atomic E-state index is -4.94. The summed E-state index contributed by atoms with van der Waals surface area (Å²) >= 11 is 0. The van der Waals surface area contributed by atoms with Gasteiger partial charge in [0.2, 0.25) is 0 Å². The molecule has 0 saturated heterocycles. The predicted molar refractivity (Wildman–Crippen MR) is 472 cm³/mol. The molecule has 5 atom stereocenters. The average Bonchev–Trinajstić information content (AvgIpc) is 0.886. The number of esters is 3. The topological polar surface area (TPSA) is 231 Å². The second-order valence-corrected chi connectivity index (χ2v) is 32.5. The summed E-state index contributed by atoms with van der Waals surface area (Å²) in [6.45, 7) is 2.45. The molecular formula is C95H162O16P2. The first-order chi connectivity index (χ1) is 55.2. The number of carbonyl (C=O) groups excluding carboxylic acids is 3. The number of aliphatic hydroxyl groups is 2. The van der Waals surface area contributed by atoms with E-state index < -0.39 is 91.5 Å². The summed E-state index contributed by atoms with van der Waals surface area (Å²) in [6.07, 6.45) is 110. The van der Waals surface area contributed by atoms with E-state index in [1.54, 1.807) is 0 Å². The van der Waals surface area contributed by atoms with Gasteiger partial charge >= 0.3 is 33.6 Å². The molecule has 18 heteroatoms. The number of allylic oxidation sites excluding steroid dienone is 26. The van der Waals surface area contributed by atoms with Crippen molar-refractivity contribution >= 4 is 33.6 Å². The number of hydrogen-bond acceptors (Lipinski definition) is 14. The first-order valence-electron chi connectivity index (χ1n) is 44.8. The van der Waals surface area contributed by atoms with Crippen molar-refractivity contribution in [3.63, 3.8) is 0 Å². The van der Waals surface area contributed by atoms with Crippen molar-refractivity contribution in [1.29, 1.82) is 0 Å². The van der Waals surface area contributed by atoms with Crippen molar-refractivity contribution in [1.82, 2.24) is 0 Å². The highest BCUT2D eigenvalue weighted by molar-refractivity contribution is 7.47. The van der Waals surface area contributed by atoms with E-state index in [0.717, 1.165) is 173 Å². The summed E-state index contributed by atoms with van der Waals surface area (Å²) in [5, 5.41) is 20.7. The molecule has 0 spiro atoms. The molecule has 0 bridgehead atoms. The lowest BCUT2D eigenvalue weighted by molar-refractivity contribution is -0.161. The summed E-state index contributed by atoms with van der Waals surface area (Å²) in [6, 6.07) is 0. The number of rotatable bonds is 84. The zero-order valence-corrected chi connectivity index (χ0v) is 73.0. The van der Waals surface area contributed by atoms with Crippen LogP contribution in [0.1, 0.15) is 367 Å². The molecule has 0 radical (unpaired) electrons. The lowest BCUT2D eigenvalue weighted by Crippen LogP contribution is -2.30. The Labute approximate surface area is 689 Å². The van der Waals surface area contributed by atoms with Crippen LogP contribution < -0.4 is 0 Å². The maximum atomic E-state index is 13.0. The van der Waals surface area contributed by atoms with Gasteiger partial charge in [0.05, 0.1) is 26.4 Å². The molecule has 113 heavy (non-hydrogen) atoms. The third kappa shape index (κ3) is 87.8. The second-order valence-electron chi connectivity index (χ2n) is 29.6. The second kappa shape index (κ2) is 86.5. The number of phosphoric acid groups is 2. The van der Waals surface area contributed by atoms with Gasteiger partial charge in [-0.05, 0) is 148 Å². The normalized spacial score (nSPS) is 14.6. The molecule has 0 aromatic rings. The SMILES string of the molecule is CC/C=C\C/C=C\C/C=C\C/C=C\C/C=C\C/C=C\CCCCCCCCCCCCCCCCCCC(=O)OCC(O)COP(=O)(O)OCC(O)COP(=O)(O)OCC(COC(=O)CCCCCCCCCCC/C=C\C/C=C\C/C=C\C/C=C\CCCCC)OC(=O)CCCCCCCCC/C=C\C/C=C\C/C=C\CC. The Morgan fingerprint density at radius 2 is 0.469 bits per heavy atom. The molecule has 0 aromatic heterocycles. The van der Waals surface area contributed by atoms with Gasteiger partial charge < -0.3 is 34.2 Å². The third-order valence-electron chi connectivity index (χ3n) is 18.7. The first kappa shape index (κ1) is 108. The molecule has 16 nitrogen and oxygen atoms in total. The minimum Gasteiger partial charge on any atom is -0.463 e. The molecule has 0 rings (SSSR count). The van der Waals surface area contributed by atoms with Crippen LogP contribution in [-0.4, -0.2) is 95.9 Å². The quantitative estimate of drug-likeness (QED) is 0.0146. The Morgan fingerprint density at radius 1 is 0.257 bits per heavy atom. The Hall–Kier alpha value is -4.83. The molecule has 0 aliphatic heterocycles. The number of ether oxygens (including phenoxy) is 3. The van der Waals surface area contributed by atoms with E-state index in [9.17, 15) is 43.5 Å². The Bertz CT molecular complexity index is 2680. The average molecular weight is 1620 g/mol.